The molecule has 1 aromatic rings. The number of aromatic nitrogens is 1. The van der Waals surface area contributed by atoms with Gasteiger partial charge in [0.15, 0.2) is 0 Å². The van der Waals surface area contributed by atoms with Gasteiger partial charge in [0.05, 0.1) is 0 Å². The molecule has 2 N–H and O–H groups in total. The Morgan fingerprint density at radius 2 is 2.00 bits per heavy atom. The Hall–Kier alpha value is -0.840. The van der Waals surface area contributed by atoms with Crippen LogP contribution in [0.3, 0.4) is 0 Å². The molecule has 0 aromatic carbocycles. The number of nitrogens with zero attached hydrogens (tertiary/aromatic N) is 1. The van der Waals surface area contributed by atoms with Crippen molar-refractivity contribution in [2.24, 2.45) is 5.92 Å². The standard InChI is InChI=1S/C15H21N3O.2ClH/c1-10-4-5-16-14(6-10)18-15(19)9-11-7-12-2-3-13(8-11)17-12;;/h4-6,11-13,17H,2-3,7-9H2,1H3,(H,16,18,19);2*1H. The first kappa shape index (κ1) is 18.2. The molecule has 21 heavy (non-hydrogen) atoms. The third-order valence-corrected chi connectivity index (χ3v) is 4.23. The number of carbonyl (C=O) groups excluding carboxylic acids is 1. The molecule has 2 unspecified atom stereocenters. The number of pyridine rings is 1. The van der Waals surface area contributed by atoms with Crippen LogP contribution in [0.5, 0.6) is 0 Å². The van der Waals surface area contributed by atoms with Crippen LogP contribution < -0.4 is 10.6 Å². The summed E-state index contributed by atoms with van der Waals surface area (Å²) in [6.45, 7) is 2.00. The average Bonchev–Trinajstić information content (AvgIpc) is 2.68. The molecule has 6 heteroatoms. The molecule has 1 amide bonds. The molecule has 3 heterocycles. The first-order valence-electron chi connectivity index (χ1n) is 7.17. The van der Waals surface area contributed by atoms with Crippen LogP contribution in [0, 0.1) is 12.8 Å². The molecule has 1 aromatic heterocycles. The maximum atomic E-state index is 12.1. The largest absolute Gasteiger partial charge is 0.311 e. The molecule has 2 saturated heterocycles. The van der Waals surface area contributed by atoms with Gasteiger partial charge in [-0.3, -0.25) is 4.79 Å². The summed E-state index contributed by atoms with van der Waals surface area (Å²) in [4.78, 5) is 16.2. The van der Waals surface area contributed by atoms with Crippen molar-refractivity contribution in [2.45, 2.75) is 51.1 Å². The summed E-state index contributed by atoms with van der Waals surface area (Å²) in [5.74, 6) is 1.30. The van der Waals surface area contributed by atoms with E-state index in [0.29, 0.717) is 30.2 Å². The number of piperidine rings is 1. The Balaban J connectivity index is 0.00000110. The minimum atomic E-state index is 0. The lowest BCUT2D eigenvalue weighted by Crippen LogP contribution is -2.39. The SMILES string of the molecule is Cc1ccnc(NC(=O)CC2CC3CCC(C2)N3)c1.Cl.Cl. The van der Waals surface area contributed by atoms with Crippen molar-refractivity contribution in [1.29, 1.82) is 0 Å². The van der Waals surface area contributed by atoms with E-state index in [9.17, 15) is 4.79 Å². The third-order valence-electron chi connectivity index (χ3n) is 4.23. The Bertz CT molecular complexity index is 472. The zero-order chi connectivity index (χ0) is 13.2. The first-order chi connectivity index (χ1) is 9.19. The van der Waals surface area contributed by atoms with Crippen molar-refractivity contribution < 1.29 is 4.79 Å². The first-order valence-corrected chi connectivity index (χ1v) is 7.17. The van der Waals surface area contributed by atoms with E-state index in [2.05, 4.69) is 15.6 Å². The Morgan fingerprint density at radius 1 is 1.33 bits per heavy atom. The van der Waals surface area contributed by atoms with E-state index in [1.807, 2.05) is 19.1 Å². The van der Waals surface area contributed by atoms with E-state index < -0.39 is 0 Å². The Kier molecular flexibility index (Phi) is 6.91. The van der Waals surface area contributed by atoms with E-state index in [4.69, 9.17) is 0 Å². The molecule has 2 atom stereocenters. The van der Waals surface area contributed by atoms with Crippen molar-refractivity contribution in [3.63, 3.8) is 0 Å². The van der Waals surface area contributed by atoms with Gasteiger partial charge in [-0.2, -0.15) is 0 Å². The minimum absolute atomic E-state index is 0. The van der Waals surface area contributed by atoms with Gasteiger partial charge in [-0.05, 0) is 56.2 Å². The van der Waals surface area contributed by atoms with E-state index in [1.165, 1.54) is 12.8 Å². The molecule has 2 bridgehead atoms. The number of fused-ring (bicyclic) bond motifs is 2. The summed E-state index contributed by atoms with van der Waals surface area (Å²) in [6, 6.07) is 5.13. The second-order valence-corrected chi connectivity index (χ2v) is 5.95. The lowest BCUT2D eigenvalue weighted by molar-refractivity contribution is -0.117. The van der Waals surface area contributed by atoms with Crippen molar-refractivity contribution in [1.82, 2.24) is 10.3 Å². The Labute approximate surface area is 138 Å². The van der Waals surface area contributed by atoms with Crippen LogP contribution in [-0.2, 0) is 4.79 Å². The summed E-state index contributed by atoms with van der Waals surface area (Å²) < 4.78 is 0. The minimum Gasteiger partial charge on any atom is -0.311 e. The highest BCUT2D eigenvalue weighted by molar-refractivity contribution is 5.89. The summed E-state index contributed by atoms with van der Waals surface area (Å²) in [5.41, 5.74) is 1.12. The van der Waals surface area contributed by atoms with Gasteiger partial charge in [-0.1, -0.05) is 0 Å². The van der Waals surface area contributed by atoms with Crippen molar-refractivity contribution in [3.05, 3.63) is 23.9 Å². The quantitative estimate of drug-likeness (QED) is 0.894. The lowest BCUT2D eigenvalue weighted by atomic mass is 9.89. The smallest absolute Gasteiger partial charge is 0.225 e. The molecule has 3 rings (SSSR count). The predicted molar refractivity (Wildman–Crippen MR) is 89.4 cm³/mol. The van der Waals surface area contributed by atoms with Crippen molar-refractivity contribution >= 4 is 36.5 Å². The highest BCUT2D eigenvalue weighted by Gasteiger charge is 2.34. The second-order valence-electron chi connectivity index (χ2n) is 5.95. The van der Waals surface area contributed by atoms with Crippen molar-refractivity contribution in [3.8, 4) is 0 Å². The van der Waals surface area contributed by atoms with Crippen molar-refractivity contribution in [2.75, 3.05) is 5.32 Å². The van der Waals surface area contributed by atoms with Crippen LogP contribution >= 0.6 is 24.8 Å². The van der Waals surface area contributed by atoms with Gasteiger partial charge < -0.3 is 10.6 Å². The van der Waals surface area contributed by atoms with Crippen LogP contribution in [0.2, 0.25) is 0 Å². The van der Waals surface area contributed by atoms with Gasteiger partial charge in [0.2, 0.25) is 5.91 Å². The molecule has 2 aliphatic rings. The fraction of sp³-hybridized carbons (Fsp3) is 0.600. The number of hydrogen-bond donors (Lipinski definition) is 2. The highest BCUT2D eigenvalue weighted by atomic mass is 35.5. The number of carbonyl (C=O) groups is 1. The van der Waals surface area contributed by atoms with E-state index >= 15 is 0 Å². The van der Waals surface area contributed by atoms with Gasteiger partial charge in [-0.25, -0.2) is 4.98 Å². The number of nitrogens with one attached hydrogen (secondary N) is 2. The molecule has 0 saturated carbocycles. The number of rotatable bonds is 3. The fourth-order valence-electron chi connectivity index (χ4n) is 3.40. The molecule has 0 spiro atoms. The number of amides is 1. The third kappa shape index (κ3) is 4.83. The zero-order valence-electron chi connectivity index (χ0n) is 12.2. The average molecular weight is 332 g/mol. The second kappa shape index (κ2) is 7.97. The van der Waals surface area contributed by atoms with Gasteiger partial charge >= 0.3 is 0 Å². The summed E-state index contributed by atoms with van der Waals surface area (Å²) in [7, 11) is 0. The summed E-state index contributed by atoms with van der Waals surface area (Å²) in [6.07, 6.45) is 7.21. The number of halogens is 2. The fourth-order valence-corrected chi connectivity index (χ4v) is 3.40. The summed E-state index contributed by atoms with van der Waals surface area (Å²) >= 11 is 0. The maximum absolute atomic E-state index is 12.1. The van der Waals surface area contributed by atoms with Crippen LogP contribution in [0.25, 0.3) is 0 Å². The molecular weight excluding hydrogens is 309 g/mol. The number of anilines is 1. The molecule has 0 radical (unpaired) electrons. The molecule has 118 valence electrons. The van der Waals surface area contributed by atoms with E-state index in [-0.39, 0.29) is 30.7 Å². The molecule has 4 nitrogen and oxygen atoms in total. The van der Waals surface area contributed by atoms with Crippen LogP contribution in [0.4, 0.5) is 5.82 Å². The van der Waals surface area contributed by atoms with Gasteiger partial charge in [0.25, 0.3) is 0 Å². The van der Waals surface area contributed by atoms with Gasteiger partial charge in [0.1, 0.15) is 5.82 Å². The van der Waals surface area contributed by atoms with Crippen LogP contribution in [0.1, 0.15) is 37.7 Å². The maximum Gasteiger partial charge on any atom is 0.225 e. The molecular formula is C15H23Cl2N3O. The topological polar surface area (TPSA) is 54.0 Å². The van der Waals surface area contributed by atoms with E-state index in [0.717, 1.165) is 18.4 Å². The normalized spacial score (nSPS) is 26.4. The highest BCUT2D eigenvalue weighted by Crippen LogP contribution is 2.32. The number of hydrogen-bond acceptors (Lipinski definition) is 3. The van der Waals surface area contributed by atoms with E-state index in [1.54, 1.807) is 6.20 Å². The van der Waals surface area contributed by atoms with Crippen LogP contribution in [-0.4, -0.2) is 23.0 Å². The van der Waals surface area contributed by atoms with Gasteiger partial charge in [0, 0.05) is 24.7 Å². The molecule has 0 aliphatic carbocycles. The zero-order valence-corrected chi connectivity index (χ0v) is 13.8. The molecule has 2 fully saturated rings. The molecule has 2 aliphatic heterocycles. The van der Waals surface area contributed by atoms with Gasteiger partial charge in [-0.15, -0.1) is 24.8 Å². The Morgan fingerprint density at radius 3 is 2.62 bits per heavy atom. The predicted octanol–water partition coefficient (Wildman–Crippen LogP) is 3.09. The summed E-state index contributed by atoms with van der Waals surface area (Å²) in [5, 5.41) is 6.52. The monoisotopic (exact) mass is 331 g/mol. The number of aryl methyl sites for hydroxylation is 1. The van der Waals surface area contributed by atoms with Crippen LogP contribution in [0.15, 0.2) is 18.3 Å². The lowest BCUT2D eigenvalue weighted by Gasteiger charge is -2.28.